The van der Waals surface area contributed by atoms with Gasteiger partial charge in [-0.15, -0.1) is 0 Å². The van der Waals surface area contributed by atoms with E-state index in [0.717, 1.165) is 31.2 Å². The molecule has 2 aromatic rings. The first-order chi connectivity index (χ1) is 12.5. The minimum absolute atomic E-state index is 0.233. The SMILES string of the molecule is Cc1ccc(Cl)cc1N1CCN(C[C@H](O)COc2ccccc2Cl)CC1. The lowest BCUT2D eigenvalue weighted by Crippen LogP contribution is -2.49. The number of para-hydroxylation sites is 1. The second-order valence-electron chi connectivity index (χ2n) is 6.61. The average molecular weight is 395 g/mol. The second-order valence-corrected chi connectivity index (χ2v) is 7.46. The Balaban J connectivity index is 1.46. The fraction of sp³-hybridized carbons (Fsp3) is 0.400. The maximum atomic E-state index is 10.3. The Morgan fingerprint density at radius 3 is 2.54 bits per heavy atom. The quantitative estimate of drug-likeness (QED) is 0.806. The number of halogens is 2. The smallest absolute Gasteiger partial charge is 0.138 e. The highest BCUT2D eigenvalue weighted by atomic mass is 35.5. The maximum Gasteiger partial charge on any atom is 0.138 e. The van der Waals surface area contributed by atoms with Gasteiger partial charge in [-0.05, 0) is 36.8 Å². The van der Waals surface area contributed by atoms with E-state index in [1.165, 1.54) is 11.3 Å². The summed E-state index contributed by atoms with van der Waals surface area (Å²) in [5.41, 5.74) is 2.43. The van der Waals surface area contributed by atoms with Crippen LogP contribution in [0.2, 0.25) is 10.0 Å². The number of anilines is 1. The van der Waals surface area contributed by atoms with Crippen molar-refractivity contribution < 1.29 is 9.84 Å². The lowest BCUT2D eigenvalue weighted by Gasteiger charge is -2.37. The molecule has 1 heterocycles. The molecule has 26 heavy (non-hydrogen) atoms. The summed E-state index contributed by atoms with van der Waals surface area (Å²) in [5, 5.41) is 11.6. The third-order valence-electron chi connectivity index (χ3n) is 4.62. The van der Waals surface area contributed by atoms with Gasteiger partial charge in [0.2, 0.25) is 0 Å². The number of hydrogen-bond donors (Lipinski definition) is 1. The fourth-order valence-corrected chi connectivity index (χ4v) is 3.55. The van der Waals surface area contributed by atoms with Crippen molar-refractivity contribution in [3.8, 4) is 5.75 Å². The zero-order valence-corrected chi connectivity index (χ0v) is 16.4. The highest BCUT2D eigenvalue weighted by Gasteiger charge is 2.21. The summed E-state index contributed by atoms with van der Waals surface area (Å²) in [6.07, 6.45) is -0.550. The van der Waals surface area contributed by atoms with Crippen LogP contribution in [0.15, 0.2) is 42.5 Å². The van der Waals surface area contributed by atoms with Crippen molar-refractivity contribution in [2.24, 2.45) is 0 Å². The molecule has 0 spiro atoms. The Morgan fingerprint density at radius 1 is 1.08 bits per heavy atom. The molecule has 1 N–H and O–H groups in total. The molecule has 0 radical (unpaired) electrons. The standard InChI is InChI=1S/C20H24Cl2N2O2/c1-15-6-7-16(21)12-19(15)24-10-8-23(9-11-24)13-17(25)14-26-20-5-3-2-4-18(20)22/h2-7,12,17,25H,8-11,13-14H2,1H3/t17-/m0/s1. The van der Waals surface area contributed by atoms with Gasteiger partial charge >= 0.3 is 0 Å². The van der Waals surface area contributed by atoms with Gasteiger partial charge in [0.25, 0.3) is 0 Å². The van der Waals surface area contributed by atoms with E-state index in [4.69, 9.17) is 27.9 Å². The Kier molecular flexibility index (Phi) is 6.65. The summed E-state index contributed by atoms with van der Waals surface area (Å²) in [5.74, 6) is 0.606. The highest BCUT2D eigenvalue weighted by molar-refractivity contribution is 6.32. The van der Waals surface area contributed by atoms with Crippen LogP contribution in [-0.4, -0.2) is 55.4 Å². The van der Waals surface area contributed by atoms with Crippen molar-refractivity contribution >= 4 is 28.9 Å². The maximum absolute atomic E-state index is 10.3. The van der Waals surface area contributed by atoms with Crippen molar-refractivity contribution in [1.82, 2.24) is 4.90 Å². The van der Waals surface area contributed by atoms with Gasteiger partial charge in [-0.2, -0.15) is 0 Å². The van der Waals surface area contributed by atoms with Crippen LogP contribution in [0.4, 0.5) is 5.69 Å². The van der Waals surface area contributed by atoms with Crippen LogP contribution in [-0.2, 0) is 0 Å². The van der Waals surface area contributed by atoms with Crippen molar-refractivity contribution in [2.75, 3.05) is 44.2 Å². The number of aliphatic hydroxyl groups excluding tert-OH is 1. The Morgan fingerprint density at radius 2 is 1.81 bits per heavy atom. The van der Waals surface area contributed by atoms with Crippen molar-refractivity contribution in [1.29, 1.82) is 0 Å². The topological polar surface area (TPSA) is 35.9 Å². The molecule has 6 heteroatoms. The van der Waals surface area contributed by atoms with Crippen LogP contribution in [0.25, 0.3) is 0 Å². The Labute approximate surface area is 164 Å². The molecule has 1 atom stereocenters. The third-order valence-corrected chi connectivity index (χ3v) is 5.17. The van der Waals surface area contributed by atoms with Gasteiger partial charge in [-0.25, -0.2) is 0 Å². The van der Waals surface area contributed by atoms with Crippen LogP contribution in [0.1, 0.15) is 5.56 Å². The monoisotopic (exact) mass is 394 g/mol. The number of piperazine rings is 1. The van der Waals surface area contributed by atoms with Gasteiger partial charge < -0.3 is 14.7 Å². The lowest BCUT2D eigenvalue weighted by atomic mass is 10.1. The zero-order valence-electron chi connectivity index (χ0n) is 14.9. The third kappa shape index (κ3) is 5.04. The number of ether oxygens (including phenoxy) is 1. The first kappa shape index (κ1) is 19.3. The predicted octanol–water partition coefficient (Wildman–Crippen LogP) is 3.86. The van der Waals surface area contributed by atoms with Gasteiger partial charge in [-0.1, -0.05) is 41.4 Å². The molecule has 0 bridgehead atoms. The van der Waals surface area contributed by atoms with E-state index in [9.17, 15) is 5.11 Å². The largest absolute Gasteiger partial charge is 0.489 e. The first-order valence-corrected chi connectivity index (χ1v) is 9.57. The molecule has 1 aliphatic heterocycles. The van der Waals surface area contributed by atoms with E-state index in [-0.39, 0.29) is 6.61 Å². The molecule has 1 fully saturated rings. The summed E-state index contributed by atoms with van der Waals surface area (Å²) in [6, 6.07) is 13.3. The second kappa shape index (κ2) is 8.96. The molecule has 0 amide bonds. The Bertz CT molecular complexity index is 734. The van der Waals surface area contributed by atoms with Gasteiger partial charge in [0, 0.05) is 43.4 Å². The number of hydrogen-bond acceptors (Lipinski definition) is 4. The first-order valence-electron chi connectivity index (χ1n) is 8.82. The molecule has 0 unspecified atom stereocenters. The molecular formula is C20H24Cl2N2O2. The number of nitrogens with zero attached hydrogens (tertiary/aromatic N) is 2. The van der Waals surface area contributed by atoms with E-state index in [1.54, 1.807) is 12.1 Å². The minimum atomic E-state index is -0.550. The fourth-order valence-electron chi connectivity index (χ4n) is 3.19. The number of aryl methyl sites for hydroxylation is 1. The lowest BCUT2D eigenvalue weighted by molar-refractivity contribution is 0.0663. The summed E-state index contributed by atoms with van der Waals surface area (Å²) < 4.78 is 5.63. The Hall–Kier alpha value is -1.46. The van der Waals surface area contributed by atoms with E-state index in [2.05, 4.69) is 22.8 Å². The number of benzene rings is 2. The van der Waals surface area contributed by atoms with E-state index >= 15 is 0 Å². The van der Waals surface area contributed by atoms with E-state index in [0.29, 0.717) is 17.3 Å². The van der Waals surface area contributed by atoms with Gasteiger partial charge in [0.15, 0.2) is 0 Å². The van der Waals surface area contributed by atoms with Crippen LogP contribution >= 0.6 is 23.2 Å². The zero-order chi connectivity index (χ0) is 18.5. The molecule has 3 rings (SSSR count). The molecule has 0 aliphatic carbocycles. The van der Waals surface area contributed by atoms with Crippen molar-refractivity contribution in [2.45, 2.75) is 13.0 Å². The van der Waals surface area contributed by atoms with Crippen LogP contribution in [0, 0.1) is 6.92 Å². The van der Waals surface area contributed by atoms with Crippen LogP contribution in [0.3, 0.4) is 0 Å². The highest BCUT2D eigenvalue weighted by Crippen LogP contribution is 2.26. The minimum Gasteiger partial charge on any atom is -0.489 e. The molecule has 4 nitrogen and oxygen atoms in total. The summed E-state index contributed by atoms with van der Waals surface area (Å²) in [7, 11) is 0. The van der Waals surface area contributed by atoms with E-state index < -0.39 is 6.10 Å². The van der Waals surface area contributed by atoms with Crippen LogP contribution in [0.5, 0.6) is 5.75 Å². The molecule has 0 aromatic heterocycles. The average Bonchev–Trinajstić information content (AvgIpc) is 2.64. The summed E-state index contributed by atoms with van der Waals surface area (Å²) >= 11 is 12.2. The van der Waals surface area contributed by atoms with Crippen molar-refractivity contribution in [3.63, 3.8) is 0 Å². The molecule has 140 valence electrons. The van der Waals surface area contributed by atoms with Gasteiger partial charge in [0.05, 0.1) is 5.02 Å². The summed E-state index contributed by atoms with van der Waals surface area (Å²) in [6.45, 7) is 6.56. The van der Waals surface area contributed by atoms with Crippen molar-refractivity contribution in [3.05, 3.63) is 58.1 Å². The predicted molar refractivity (Wildman–Crippen MR) is 108 cm³/mol. The number of rotatable bonds is 6. The molecule has 1 saturated heterocycles. The van der Waals surface area contributed by atoms with E-state index in [1.807, 2.05) is 24.3 Å². The molecular weight excluding hydrogens is 371 g/mol. The number of β-amino-alcohol motifs (C(OH)–C–C–N with tert-alkyl or cyclic N) is 1. The molecule has 2 aromatic carbocycles. The normalized spacial score (nSPS) is 16.5. The van der Waals surface area contributed by atoms with Gasteiger partial charge in [-0.3, -0.25) is 4.90 Å². The molecule has 0 saturated carbocycles. The summed E-state index contributed by atoms with van der Waals surface area (Å²) in [4.78, 5) is 4.61. The van der Waals surface area contributed by atoms with Gasteiger partial charge in [0.1, 0.15) is 18.5 Å². The number of aliphatic hydroxyl groups is 1. The van der Waals surface area contributed by atoms with Crippen LogP contribution < -0.4 is 9.64 Å². The molecule has 1 aliphatic rings.